The number of piperidine rings is 1. The largest absolute Gasteiger partial charge is 0.494 e. The minimum absolute atomic E-state index is 0. The van der Waals surface area contributed by atoms with Gasteiger partial charge in [0.2, 0.25) is 0 Å². The topological polar surface area (TPSA) is 50.4 Å². The molecule has 1 aliphatic rings. The molecule has 0 bridgehead atoms. The minimum Gasteiger partial charge on any atom is -0.494 e. The Hall–Kier alpha value is -1.33. The van der Waals surface area contributed by atoms with Crippen LogP contribution in [0.25, 0.3) is 0 Å². The smallest absolute Gasteiger partial charge is 0.251 e. The molecule has 0 aliphatic carbocycles. The Morgan fingerprint density at radius 3 is 2.85 bits per heavy atom. The van der Waals surface area contributed by atoms with Gasteiger partial charge < -0.3 is 15.4 Å². The number of methoxy groups -OCH3 is 1. The number of benzene rings is 1. The van der Waals surface area contributed by atoms with Gasteiger partial charge in [-0.25, -0.2) is 4.39 Å². The van der Waals surface area contributed by atoms with Gasteiger partial charge in [0, 0.05) is 17.6 Å². The van der Waals surface area contributed by atoms with Crippen molar-refractivity contribution in [2.75, 3.05) is 13.7 Å². The first kappa shape index (κ1) is 16.7. The molecule has 1 heterocycles. The lowest BCUT2D eigenvalue weighted by Crippen LogP contribution is -2.51. The molecule has 1 aromatic rings. The number of hydrogen-bond acceptors (Lipinski definition) is 3. The lowest BCUT2D eigenvalue weighted by atomic mass is 9.99. The molecule has 20 heavy (non-hydrogen) atoms. The second-order valence-corrected chi connectivity index (χ2v) is 4.81. The van der Waals surface area contributed by atoms with Crippen LogP contribution < -0.4 is 15.4 Å². The van der Waals surface area contributed by atoms with E-state index in [4.69, 9.17) is 4.74 Å². The summed E-state index contributed by atoms with van der Waals surface area (Å²) < 4.78 is 18.4. The maximum absolute atomic E-state index is 13.5. The van der Waals surface area contributed by atoms with Crippen LogP contribution in [0.5, 0.6) is 5.75 Å². The number of nitrogens with one attached hydrogen (secondary N) is 2. The van der Waals surface area contributed by atoms with Gasteiger partial charge in [-0.2, -0.15) is 0 Å². The van der Waals surface area contributed by atoms with Crippen molar-refractivity contribution in [2.45, 2.75) is 31.8 Å². The Bertz CT molecular complexity index is 470. The van der Waals surface area contributed by atoms with Gasteiger partial charge in [-0.15, -0.1) is 12.4 Å². The first-order valence-corrected chi connectivity index (χ1v) is 6.49. The van der Waals surface area contributed by atoms with E-state index in [0.29, 0.717) is 5.56 Å². The Morgan fingerprint density at radius 2 is 2.25 bits per heavy atom. The third kappa shape index (κ3) is 3.84. The van der Waals surface area contributed by atoms with Crippen LogP contribution in [0.4, 0.5) is 4.39 Å². The molecular weight excluding hydrogens is 283 g/mol. The quantitative estimate of drug-likeness (QED) is 0.899. The van der Waals surface area contributed by atoms with Gasteiger partial charge in [0.15, 0.2) is 11.6 Å². The molecule has 4 nitrogen and oxygen atoms in total. The lowest BCUT2D eigenvalue weighted by molar-refractivity contribution is 0.0919. The van der Waals surface area contributed by atoms with Crippen LogP contribution in [0, 0.1) is 5.82 Å². The molecule has 0 saturated carbocycles. The summed E-state index contributed by atoms with van der Waals surface area (Å²) in [6.07, 6.45) is 1.98. The van der Waals surface area contributed by atoms with E-state index in [1.54, 1.807) is 6.07 Å². The molecular formula is C14H20ClFN2O2. The van der Waals surface area contributed by atoms with Gasteiger partial charge in [0.1, 0.15) is 0 Å². The van der Waals surface area contributed by atoms with Crippen molar-refractivity contribution in [1.82, 2.24) is 10.6 Å². The van der Waals surface area contributed by atoms with Crippen molar-refractivity contribution in [3.63, 3.8) is 0 Å². The summed E-state index contributed by atoms with van der Waals surface area (Å²) in [6.45, 7) is 3.02. The first-order chi connectivity index (χ1) is 9.11. The van der Waals surface area contributed by atoms with Gasteiger partial charge in [-0.05, 0) is 44.5 Å². The molecule has 1 fully saturated rings. The average molecular weight is 303 g/mol. The molecule has 0 aromatic heterocycles. The van der Waals surface area contributed by atoms with Gasteiger partial charge >= 0.3 is 0 Å². The van der Waals surface area contributed by atoms with Crippen LogP contribution in [0.3, 0.4) is 0 Å². The number of carbonyl (C=O) groups excluding carboxylic acids is 1. The monoisotopic (exact) mass is 302 g/mol. The van der Waals surface area contributed by atoms with Crippen molar-refractivity contribution in [1.29, 1.82) is 0 Å². The summed E-state index contributed by atoms with van der Waals surface area (Å²) >= 11 is 0. The zero-order valence-electron chi connectivity index (χ0n) is 11.6. The highest BCUT2D eigenvalue weighted by molar-refractivity contribution is 5.94. The zero-order valence-corrected chi connectivity index (χ0v) is 12.4. The van der Waals surface area contributed by atoms with Gasteiger partial charge in [0.05, 0.1) is 7.11 Å². The zero-order chi connectivity index (χ0) is 13.8. The van der Waals surface area contributed by atoms with Crippen molar-refractivity contribution >= 4 is 18.3 Å². The number of hydrogen-bond donors (Lipinski definition) is 2. The molecule has 2 unspecified atom stereocenters. The molecule has 1 aliphatic heterocycles. The molecule has 112 valence electrons. The first-order valence-electron chi connectivity index (χ1n) is 6.49. The SMILES string of the molecule is COc1ccc(C(=O)NC2CCCNC2C)cc1F.Cl. The van der Waals surface area contributed by atoms with E-state index in [1.165, 1.54) is 19.2 Å². The van der Waals surface area contributed by atoms with Crippen LogP contribution in [-0.2, 0) is 0 Å². The van der Waals surface area contributed by atoms with Crippen LogP contribution in [0.1, 0.15) is 30.1 Å². The number of halogens is 2. The number of amides is 1. The second kappa shape index (κ2) is 7.45. The number of rotatable bonds is 3. The van der Waals surface area contributed by atoms with E-state index >= 15 is 0 Å². The molecule has 1 amide bonds. The summed E-state index contributed by atoms with van der Waals surface area (Å²) in [5, 5.41) is 6.25. The van der Waals surface area contributed by atoms with Crippen molar-refractivity contribution in [2.24, 2.45) is 0 Å². The Labute approximate surface area is 124 Å². The molecule has 1 saturated heterocycles. The molecule has 0 radical (unpaired) electrons. The van der Waals surface area contributed by atoms with E-state index in [9.17, 15) is 9.18 Å². The summed E-state index contributed by atoms with van der Waals surface area (Å²) in [5.41, 5.74) is 0.316. The lowest BCUT2D eigenvalue weighted by Gasteiger charge is -2.30. The highest BCUT2D eigenvalue weighted by Gasteiger charge is 2.23. The van der Waals surface area contributed by atoms with E-state index in [1.807, 2.05) is 6.92 Å². The summed E-state index contributed by atoms with van der Waals surface area (Å²) in [4.78, 5) is 12.1. The van der Waals surface area contributed by atoms with E-state index in [0.717, 1.165) is 19.4 Å². The molecule has 2 atom stereocenters. The predicted octanol–water partition coefficient (Wildman–Crippen LogP) is 2.13. The van der Waals surface area contributed by atoms with Crippen LogP contribution in [0.15, 0.2) is 18.2 Å². The van der Waals surface area contributed by atoms with Crippen molar-refractivity contribution < 1.29 is 13.9 Å². The van der Waals surface area contributed by atoms with Gasteiger partial charge in [-0.1, -0.05) is 0 Å². The molecule has 0 spiro atoms. The van der Waals surface area contributed by atoms with Crippen molar-refractivity contribution in [3.8, 4) is 5.75 Å². The fraction of sp³-hybridized carbons (Fsp3) is 0.500. The predicted molar refractivity (Wildman–Crippen MR) is 78.2 cm³/mol. The van der Waals surface area contributed by atoms with E-state index in [-0.39, 0.29) is 36.1 Å². The highest BCUT2D eigenvalue weighted by atomic mass is 35.5. The van der Waals surface area contributed by atoms with Crippen LogP contribution in [-0.4, -0.2) is 31.6 Å². The number of ether oxygens (including phenoxy) is 1. The third-order valence-corrected chi connectivity index (χ3v) is 3.49. The number of carbonyl (C=O) groups is 1. The standard InChI is InChI=1S/C14H19FN2O2.ClH/c1-9-12(4-3-7-16-9)17-14(18)10-5-6-13(19-2)11(15)8-10;/h5-6,8-9,12,16H,3-4,7H2,1-2H3,(H,17,18);1H. The third-order valence-electron chi connectivity index (χ3n) is 3.49. The summed E-state index contributed by atoms with van der Waals surface area (Å²) in [6, 6.07) is 4.56. The van der Waals surface area contributed by atoms with E-state index in [2.05, 4.69) is 10.6 Å². The maximum atomic E-state index is 13.5. The molecule has 2 N–H and O–H groups in total. The van der Waals surface area contributed by atoms with Crippen LogP contribution >= 0.6 is 12.4 Å². The Balaban J connectivity index is 0.00000200. The van der Waals surface area contributed by atoms with E-state index < -0.39 is 5.82 Å². The normalized spacial score (nSPS) is 21.8. The molecule has 1 aromatic carbocycles. The van der Waals surface area contributed by atoms with Crippen molar-refractivity contribution in [3.05, 3.63) is 29.6 Å². The Morgan fingerprint density at radius 1 is 1.50 bits per heavy atom. The molecule has 2 rings (SSSR count). The van der Waals surface area contributed by atoms with Gasteiger partial charge in [0.25, 0.3) is 5.91 Å². The fourth-order valence-electron chi connectivity index (χ4n) is 2.30. The summed E-state index contributed by atoms with van der Waals surface area (Å²) in [5.74, 6) is -0.628. The van der Waals surface area contributed by atoms with Gasteiger partial charge in [-0.3, -0.25) is 4.79 Å². The fourth-order valence-corrected chi connectivity index (χ4v) is 2.30. The minimum atomic E-state index is -0.523. The molecule has 6 heteroatoms. The highest BCUT2D eigenvalue weighted by Crippen LogP contribution is 2.18. The maximum Gasteiger partial charge on any atom is 0.251 e. The second-order valence-electron chi connectivity index (χ2n) is 4.81. The van der Waals surface area contributed by atoms with Crippen LogP contribution in [0.2, 0.25) is 0 Å². The summed E-state index contributed by atoms with van der Waals surface area (Å²) in [7, 11) is 1.40. The Kier molecular flexibility index (Phi) is 6.23. The average Bonchev–Trinajstić information content (AvgIpc) is 2.41.